The highest BCUT2D eigenvalue weighted by Gasteiger charge is 2.17. The van der Waals surface area contributed by atoms with E-state index < -0.39 is 0 Å². The van der Waals surface area contributed by atoms with Crippen molar-refractivity contribution in [1.82, 2.24) is 9.80 Å². The summed E-state index contributed by atoms with van der Waals surface area (Å²) in [4.78, 5) is 28.0. The van der Waals surface area contributed by atoms with E-state index in [0.29, 0.717) is 34.3 Å². The number of anilines is 1. The second kappa shape index (κ2) is 19.6. The Morgan fingerprint density at radius 2 is 1.58 bits per heavy atom. The summed E-state index contributed by atoms with van der Waals surface area (Å²) >= 11 is 11.7. The van der Waals surface area contributed by atoms with Crippen molar-refractivity contribution in [3.05, 3.63) is 142 Å². The first-order chi connectivity index (χ1) is 24.1. The van der Waals surface area contributed by atoms with Gasteiger partial charge in [-0.15, -0.1) is 0 Å². The molecule has 5 rings (SSSR count). The number of piperazine rings is 1. The highest BCUT2D eigenvalue weighted by Crippen LogP contribution is 2.29. The number of halogens is 3. The second-order valence-corrected chi connectivity index (χ2v) is 12.5. The Kier molecular flexibility index (Phi) is 15.1. The Hall–Kier alpha value is -4.47. The molecule has 0 saturated carbocycles. The van der Waals surface area contributed by atoms with E-state index in [1.54, 1.807) is 37.5 Å². The monoisotopic (exact) mass is 717 g/mol. The number of carbonyl (C=O) groups excluding carboxylic acids is 2. The van der Waals surface area contributed by atoms with Crippen molar-refractivity contribution < 1.29 is 23.5 Å². The molecule has 262 valence electrons. The molecule has 1 fully saturated rings. The maximum Gasteiger partial charge on any atom is 0.185 e. The Morgan fingerprint density at radius 3 is 2.22 bits per heavy atom. The largest absolute Gasteiger partial charge is 0.493 e. The Morgan fingerprint density at radius 1 is 0.900 bits per heavy atom. The van der Waals surface area contributed by atoms with Crippen LogP contribution in [0, 0.1) is 5.82 Å². The summed E-state index contributed by atoms with van der Waals surface area (Å²) in [6.07, 6.45) is 4.08. The van der Waals surface area contributed by atoms with E-state index in [0.717, 1.165) is 67.7 Å². The van der Waals surface area contributed by atoms with Crippen molar-refractivity contribution in [2.75, 3.05) is 58.3 Å². The molecule has 0 amide bonds. The zero-order valence-corrected chi connectivity index (χ0v) is 29.9. The lowest BCUT2D eigenvalue weighted by Crippen LogP contribution is -2.47. The van der Waals surface area contributed by atoms with Crippen LogP contribution in [0.2, 0.25) is 10.0 Å². The molecule has 0 spiro atoms. The standard InChI is InChI=1S/C32H35ClFN3O3.C8H7ClO/c1-24(35-29-12-8-27(33)9-13-29)23-37-19-17-36(18-20-37)16-3-21-40-31-15-5-25(22-32(31)39-2)4-14-30(38)26-6-10-28(34)11-7-26;1-6(10)7-4-2-3-5-8(7)9/h4-15,22,35H,1,3,16-21,23H2,2H3;2-5H,1H3/b14-4+;. The Bertz CT molecular complexity index is 1760. The average Bonchev–Trinajstić information content (AvgIpc) is 3.11. The second-order valence-electron chi connectivity index (χ2n) is 11.7. The average molecular weight is 719 g/mol. The molecule has 0 radical (unpaired) electrons. The normalized spacial score (nSPS) is 13.3. The minimum absolute atomic E-state index is 0.00519. The Balaban J connectivity index is 0.000000482. The molecule has 0 bridgehead atoms. The first-order valence-electron chi connectivity index (χ1n) is 16.3. The van der Waals surface area contributed by atoms with Crippen molar-refractivity contribution >= 4 is 46.5 Å². The summed E-state index contributed by atoms with van der Waals surface area (Å²) in [6.45, 7) is 12.0. The smallest absolute Gasteiger partial charge is 0.185 e. The molecular formula is C40H42Cl2FN3O4. The maximum absolute atomic E-state index is 13.1. The summed E-state index contributed by atoms with van der Waals surface area (Å²) in [5, 5.41) is 4.60. The third-order valence-corrected chi connectivity index (χ3v) is 8.50. The van der Waals surface area contributed by atoms with Crippen LogP contribution >= 0.6 is 23.2 Å². The number of hydrogen-bond donors (Lipinski definition) is 1. The van der Waals surface area contributed by atoms with E-state index >= 15 is 0 Å². The van der Waals surface area contributed by atoms with Crippen molar-refractivity contribution in [2.45, 2.75) is 13.3 Å². The number of methoxy groups -OCH3 is 1. The molecule has 1 aliphatic rings. The van der Waals surface area contributed by atoms with Crippen LogP contribution < -0.4 is 14.8 Å². The number of benzene rings is 4. The van der Waals surface area contributed by atoms with Crippen LogP contribution in [0.4, 0.5) is 10.1 Å². The van der Waals surface area contributed by atoms with Gasteiger partial charge in [-0.25, -0.2) is 4.39 Å². The molecule has 50 heavy (non-hydrogen) atoms. The summed E-state index contributed by atoms with van der Waals surface area (Å²) in [6, 6.07) is 25.7. The molecule has 0 unspecified atom stereocenters. The minimum atomic E-state index is -0.370. The third-order valence-electron chi connectivity index (χ3n) is 7.92. The van der Waals surface area contributed by atoms with Crippen LogP contribution in [0.15, 0.2) is 109 Å². The molecule has 1 aliphatic heterocycles. The summed E-state index contributed by atoms with van der Waals surface area (Å²) in [5.74, 6) is 0.716. The Labute approximate surface area is 303 Å². The predicted molar refractivity (Wildman–Crippen MR) is 201 cm³/mol. The number of ketones is 2. The molecule has 1 heterocycles. The number of hydrogen-bond acceptors (Lipinski definition) is 7. The fraction of sp³-hybridized carbons (Fsp3) is 0.250. The van der Waals surface area contributed by atoms with Gasteiger partial charge in [-0.3, -0.25) is 14.5 Å². The van der Waals surface area contributed by atoms with Gasteiger partial charge in [-0.05, 0) is 97.8 Å². The molecule has 0 atom stereocenters. The maximum atomic E-state index is 13.1. The lowest BCUT2D eigenvalue weighted by Gasteiger charge is -2.35. The highest BCUT2D eigenvalue weighted by molar-refractivity contribution is 6.33. The van der Waals surface area contributed by atoms with Crippen molar-refractivity contribution in [3.8, 4) is 11.5 Å². The molecule has 1 saturated heterocycles. The first-order valence-corrected chi connectivity index (χ1v) is 17.1. The van der Waals surface area contributed by atoms with Gasteiger partial charge in [0.25, 0.3) is 0 Å². The van der Waals surface area contributed by atoms with Gasteiger partial charge in [-0.2, -0.15) is 0 Å². The van der Waals surface area contributed by atoms with E-state index in [-0.39, 0.29) is 17.4 Å². The van der Waals surface area contributed by atoms with Gasteiger partial charge in [0.1, 0.15) is 5.82 Å². The van der Waals surface area contributed by atoms with Gasteiger partial charge in [0.2, 0.25) is 0 Å². The quantitative estimate of drug-likeness (QED) is 0.0794. The van der Waals surface area contributed by atoms with E-state index in [1.807, 2.05) is 42.5 Å². The van der Waals surface area contributed by atoms with Crippen LogP contribution in [0.1, 0.15) is 39.6 Å². The molecule has 1 N–H and O–H groups in total. The summed E-state index contributed by atoms with van der Waals surface area (Å²) < 4.78 is 24.6. The van der Waals surface area contributed by atoms with Crippen LogP contribution in [-0.4, -0.2) is 74.4 Å². The topological polar surface area (TPSA) is 71.1 Å². The summed E-state index contributed by atoms with van der Waals surface area (Å²) in [5.41, 5.74) is 3.79. The van der Waals surface area contributed by atoms with Gasteiger partial charge >= 0.3 is 0 Å². The number of ether oxygens (including phenoxy) is 2. The number of nitrogens with zero attached hydrogens (tertiary/aromatic N) is 2. The minimum Gasteiger partial charge on any atom is -0.493 e. The van der Waals surface area contributed by atoms with Crippen LogP contribution in [-0.2, 0) is 0 Å². The molecule has 10 heteroatoms. The SMILES string of the molecule is C=C(CN1CCN(CCCOc2ccc(/C=C/C(=O)c3ccc(F)cc3)cc2OC)CC1)Nc1ccc(Cl)cc1.CC(=O)c1ccccc1Cl. The van der Waals surface area contributed by atoms with Gasteiger partial charge in [0.05, 0.1) is 18.7 Å². The zero-order valence-electron chi connectivity index (χ0n) is 28.3. The molecule has 4 aromatic carbocycles. The molecular weight excluding hydrogens is 676 g/mol. The lowest BCUT2D eigenvalue weighted by molar-refractivity contribution is 0.101. The van der Waals surface area contributed by atoms with Crippen LogP contribution in [0.25, 0.3) is 6.08 Å². The molecule has 0 aromatic heterocycles. The zero-order chi connectivity index (χ0) is 35.9. The highest BCUT2D eigenvalue weighted by atomic mass is 35.5. The van der Waals surface area contributed by atoms with Crippen LogP contribution in [0.3, 0.4) is 0 Å². The van der Waals surface area contributed by atoms with Crippen molar-refractivity contribution in [3.63, 3.8) is 0 Å². The number of carbonyl (C=O) groups is 2. The van der Waals surface area contributed by atoms with E-state index in [4.69, 9.17) is 32.7 Å². The van der Waals surface area contributed by atoms with Gasteiger partial charge < -0.3 is 19.7 Å². The van der Waals surface area contributed by atoms with Crippen molar-refractivity contribution in [2.24, 2.45) is 0 Å². The van der Waals surface area contributed by atoms with E-state index in [2.05, 4.69) is 21.7 Å². The predicted octanol–water partition coefficient (Wildman–Crippen LogP) is 8.94. The third kappa shape index (κ3) is 12.4. The van der Waals surface area contributed by atoms with Gasteiger partial charge in [0, 0.05) is 66.8 Å². The molecule has 7 nitrogen and oxygen atoms in total. The van der Waals surface area contributed by atoms with E-state index in [1.165, 1.54) is 37.3 Å². The lowest BCUT2D eigenvalue weighted by atomic mass is 10.1. The van der Waals surface area contributed by atoms with Gasteiger partial charge in [0.15, 0.2) is 23.1 Å². The van der Waals surface area contributed by atoms with Crippen LogP contribution in [0.5, 0.6) is 11.5 Å². The number of rotatable bonds is 14. The number of Topliss-reactive ketones (excluding diaryl/α,β-unsaturated/α-hetero) is 1. The van der Waals surface area contributed by atoms with Crippen molar-refractivity contribution in [1.29, 1.82) is 0 Å². The number of nitrogens with one attached hydrogen (secondary N) is 1. The fourth-order valence-corrected chi connectivity index (χ4v) is 5.62. The first kappa shape index (κ1) is 38.3. The number of allylic oxidation sites excluding steroid dienone is 1. The fourth-order valence-electron chi connectivity index (χ4n) is 5.22. The molecule has 0 aliphatic carbocycles. The van der Waals surface area contributed by atoms with E-state index in [9.17, 15) is 14.0 Å². The molecule has 4 aromatic rings. The summed E-state index contributed by atoms with van der Waals surface area (Å²) in [7, 11) is 1.60. The van der Waals surface area contributed by atoms with Gasteiger partial charge in [-0.1, -0.05) is 54.1 Å².